The van der Waals surface area contributed by atoms with E-state index in [9.17, 15) is 4.39 Å². The van der Waals surface area contributed by atoms with Gasteiger partial charge in [-0.15, -0.1) is 0 Å². The van der Waals surface area contributed by atoms with Gasteiger partial charge < -0.3 is 10.1 Å². The van der Waals surface area contributed by atoms with Gasteiger partial charge in [-0.3, -0.25) is 0 Å². The van der Waals surface area contributed by atoms with Gasteiger partial charge in [0.15, 0.2) is 0 Å². The average molecular weight is 253 g/mol. The molecule has 0 aromatic heterocycles. The van der Waals surface area contributed by atoms with Crippen molar-refractivity contribution in [2.45, 2.75) is 39.7 Å². The van der Waals surface area contributed by atoms with E-state index in [0.717, 1.165) is 17.9 Å². The lowest BCUT2D eigenvalue weighted by atomic mass is 9.88. The van der Waals surface area contributed by atoms with Crippen LogP contribution in [0.4, 0.5) is 4.39 Å². The summed E-state index contributed by atoms with van der Waals surface area (Å²) >= 11 is 0. The first-order chi connectivity index (χ1) is 8.45. The third kappa shape index (κ3) is 3.98. The Balaban J connectivity index is 2.81. The summed E-state index contributed by atoms with van der Waals surface area (Å²) in [5, 5.41) is 3.41. The number of benzene rings is 1. The van der Waals surface area contributed by atoms with Crippen molar-refractivity contribution in [3.05, 3.63) is 29.6 Å². The third-order valence-corrected chi connectivity index (χ3v) is 3.38. The molecule has 1 aromatic carbocycles. The zero-order valence-electron chi connectivity index (χ0n) is 12.0. The molecule has 0 saturated heterocycles. The molecular formula is C15H24FNO. The monoisotopic (exact) mass is 253 g/mol. The minimum absolute atomic E-state index is 0.207. The van der Waals surface area contributed by atoms with Crippen molar-refractivity contribution in [2.24, 2.45) is 5.92 Å². The molecule has 18 heavy (non-hydrogen) atoms. The molecule has 0 spiro atoms. The van der Waals surface area contributed by atoms with Crippen molar-refractivity contribution in [1.29, 1.82) is 0 Å². The van der Waals surface area contributed by atoms with Gasteiger partial charge >= 0.3 is 0 Å². The minimum Gasteiger partial charge on any atom is -0.496 e. The van der Waals surface area contributed by atoms with Gasteiger partial charge in [-0.2, -0.15) is 0 Å². The van der Waals surface area contributed by atoms with E-state index >= 15 is 0 Å². The van der Waals surface area contributed by atoms with E-state index in [0.29, 0.717) is 12.0 Å². The van der Waals surface area contributed by atoms with Gasteiger partial charge in [-0.25, -0.2) is 4.39 Å². The Labute approximate surface area is 110 Å². The summed E-state index contributed by atoms with van der Waals surface area (Å²) in [6, 6.07) is 5.18. The maximum Gasteiger partial charge on any atom is 0.123 e. The van der Waals surface area contributed by atoms with Crippen LogP contribution in [0.1, 0.15) is 39.2 Å². The van der Waals surface area contributed by atoms with Crippen LogP contribution >= 0.6 is 0 Å². The fourth-order valence-corrected chi connectivity index (χ4v) is 1.97. The molecule has 2 unspecified atom stereocenters. The second kappa shape index (κ2) is 6.74. The lowest BCUT2D eigenvalue weighted by Gasteiger charge is -2.23. The molecule has 0 radical (unpaired) electrons. The molecule has 0 aliphatic rings. The Hall–Kier alpha value is -1.09. The van der Waals surface area contributed by atoms with Gasteiger partial charge in [0, 0.05) is 11.6 Å². The highest BCUT2D eigenvalue weighted by Gasteiger charge is 2.18. The van der Waals surface area contributed by atoms with Crippen LogP contribution in [0.5, 0.6) is 5.75 Å². The summed E-state index contributed by atoms with van der Waals surface area (Å²) in [6.45, 7) is 9.45. The van der Waals surface area contributed by atoms with E-state index in [-0.39, 0.29) is 11.7 Å². The fraction of sp³-hybridized carbons (Fsp3) is 0.600. The third-order valence-electron chi connectivity index (χ3n) is 3.38. The highest BCUT2D eigenvalue weighted by Crippen LogP contribution is 2.32. The van der Waals surface area contributed by atoms with Gasteiger partial charge in [-0.1, -0.05) is 27.7 Å². The number of nitrogens with one attached hydrogen (secondary N) is 1. The molecule has 0 amide bonds. The first-order valence-electron chi connectivity index (χ1n) is 6.52. The van der Waals surface area contributed by atoms with Gasteiger partial charge in [-0.05, 0) is 36.6 Å². The zero-order valence-corrected chi connectivity index (χ0v) is 12.0. The molecule has 0 saturated carbocycles. The lowest BCUT2D eigenvalue weighted by molar-refractivity contribution is 0.383. The number of rotatable bonds is 6. The van der Waals surface area contributed by atoms with Crippen LogP contribution in [-0.4, -0.2) is 19.7 Å². The summed E-state index contributed by atoms with van der Waals surface area (Å²) in [4.78, 5) is 0. The van der Waals surface area contributed by atoms with E-state index in [4.69, 9.17) is 4.74 Å². The summed E-state index contributed by atoms with van der Waals surface area (Å²) in [6.07, 6.45) is 0. The first kappa shape index (κ1) is 15.0. The number of ether oxygens (including phenoxy) is 1. The smallest absolute Gasteiger partial charge is 0.123 e. The Morgan fingerprint density at radius 3 is 2.44 bits per heavy atom. The van der Waals surface area contributed by atoms with Crippen LogP contribution < -0.4 is 10.1 Å². The zero-order chi connectivity index (χ0) is 13.7. The normalized spacial score (nSPS) is 14.6. The van der Waals surface area contributed by atoms with Crippen molar-refractivity contribution < 1.29 is 9.13 Å². The number of halogens is 1. The Morgan fingerprint density at radius 1 is 1.22 bits per heavy atom. The molecule has 2 nitrogen and oxygen atoms in total. The van der Waals surface area contributed by atoms with Crippen LogP contribution in [0.2, 0.25) is 0 Å². The van der Waals surface area contributed by atoms with E-state index in [2.05, 4.69) is 33.0 Å². The van der Waals surface area contributed by atoms with Crippen LogP contribution in [0, 0.1) is 11.7 Å². The van der Waals surface area contributed by atoms with Gasteiger partial charge in [0.1, 0.15) is 11.6 Å². The Morgan fingerprint density at radius 2 is 1.89 bits per heavy atom. The van der Waals surface area contributed by atoms with Crippen molar-refractivity contribution in [3.8, 4) is 5.75 Å². The maximum atomic E-state index is 13.4. The number of hydrogen-bond acceptors (Lipinski definition) is 2. The molecule has 0 aliphatic carbocycles. The highest BCUT2D eigenvalue weighted by atomic mass is 19.1. The van der Waals surface area contributed by atoms with Crippen molar-refractivity contribution in [1.82, 2.24) is 5.32 Å². The van der Waals surface area contributed by atoms with Crippen LogP contribution in [0.15, 0.2) is 18.2 Å². The fourth-order valence-electron chi connectivity index (χ4n) is 1.97. The highest BCUT2D eigenvalue weighted by molar-refractivity contribution is 5.36. The lowest BCUT2D eigenvalue weighted by Crippen LogP contribution is -2.30. The van der Waals surface area contributed by atoms with Crippen LogP contribution in [0.3, 0.4) is 0 Å². The molecule has 1 N–H and O–H groups in total. The molecule has 102 valence electrons. The Bertz CT molecular complexity index is 379. The second-order valence-electron chi connectivity index (χ2n) is 5.22. The van der Waals surface area contributed by atoms with Crippen molar-refractivity contribution >= 4 is 0 Å². The molecule has 2 atom stereocenters. The topological polar surface area (TPSA) is 21.3 Å². The molecule has 0 heterocycles. The van der Waals surface area contributed by atoms with Crippen LogP contribution in [0.25, 0.3) is 0 Å². The molecule has 3 heteroatoms. The molecule has 1 rings (SSSR count). The van der Waals surface area contributed by atoms with E-state index in [1.54, 1.807) is 19.2 Å². The first-order valence-corrected chi connectivity index (χ1v) is 6.52. The van der Waals surface area contributed by atoms with Gasteiger partial charge in [0.25, 0.3) is 0 Å². The van der Waals surface area contributed by atoms with Crippen molar-refractivity contribution in [2.75, 3.05) is 13.7 Å². The van der Waals surface area contributed by atoms with Gasteiger partial charge in [0.2, 0.25) is 0 Å². The molecule has 1 aromatic rings. The largest absolute Gasteiger partial charge is 0.496 e. The molecule has 0 aliphatic heterocycles. The standard InChI is InChI=1S/C15H24FNO/c1-10(2)17-9-11(3)12(4)14-8-13(16)6-7-15(14)18-5/h6-8,10-12,17H,9H2,1-5H3. The van der Waals surface area contributed by atoms with Crippen LogP contribution in [-0.2, 0) is 0 Å². The summed E-state index contributed by atoms with van der Waals surface area (Å²) < 4.78 is 18.7. The summed E-state index contributed by atoms with van der Waals surface area (Å²) in [5.41, 5.74) is 0.940. The molecular weight excluding hydrogens is 229 g/mol. The number of hydrogen-bond donors (Lipinski definition) is 1. The maximum absolute atomic E-state index is 13.4. The Kier molecular flexibility index (Phi) is 5.60. The van der Waals surface area contributed by atoms with Gasteiger partial charge in [0.05, 0.1) is 7.11 Å². The predicted molar refractivity (Wildman–Crippen MR) is 73.7 cm³/mol. The summed E-state index contributed by atoms with van der Waals surface area (Å²) in [5.74, 6) is 1.23. The molecule has 0 fully saturated rings. The average Bonchev–Trinajstić information content (AvgIpc) is 2.34. The SMILES string of the molecule is COc1ccc(F)cc1C(C)C(C)CNC(C)C. The quantitative estimate of drug-likeness (QED) is 0.836. The van der Waals surface area contributed by atoms with E-state index in [1.807, 2.05) is 0 Å². The predicted octanol–water partition coefficient (Wildman–Crippen LogP) is 3.57. The van der Waals surface area contributed by atoms with E-state index < -0.39 is 0 Å². The number of methoxy groups -OCH3 is 1. The summed E-state index contributed by atoms with van der Waals surface area (Å²) in [7, 11) is 1.63. The molecule has 0 bridgehead atoms. The van der Waals surface area contributed by atoms with Crippen molar-refractivity contribution in [3.63, 3.8) is 0 Å². The minimum atomic E-state index is -0.207. The second-order valence-corrected chi connectivity index (χ2v) is 5.22. The van der Waals surface area contributed by atoms with E-state index in [1.165, 1.54) is 6.07 Å².